The van der Waals surface area contributed by atoms with Crippen molar-refractivity contribution in [1.82, 2.24) is 4.90 Å². The van der Waals surface area contributed by atoms with E-state index in [1.807, 2.05) is 0 Å². The Bertz CT molecular complexity index is 462. The van der Waals surface area contributed by atoms with Crippen LogP contribution in [0.5, 0.6) is 0 Å². The maximum absolute atomic E-state index is 6.72. The fourth-order valence-electron chi connectivity index (χ4n) is 4.15. The quantitative estimate of drug-likeness (QED) is 0.890. The van der Waals surface area contributed by atoms with Gasteiger partial charge in [-0.05, 0) is 69.3 Å². The van der Waals surface area contributed by atoms with E-state index in [1.54, 1.807) is 0 Å². The van der Waals surface area contributed by atoms with Crippen LogP contribution in [0.2, 0.25) is 0 Å². The average molecular weight is 286 g/mol. The van der Waals surface area contributed by atoms with Crippen LogP contribution in [0, 0.1) is 0 Å². The summed E-state index contributed by atoms with van der Waals surface area (Å²) >= 11 is 0. The summed E-state index contributed by atoms with van der Waals surface area (Å²) in [5.41, 5.74) is 9.58. The summed E-state index contributed by atoms with van der Waals surface area (Å²) in [5.74, 6) is 0.724. The Labute approximate surface area is 129 Å². The molecule has 1 saturated carbocycles. The van der Waals surface area contributed by atoms with Gasteiger partial charge in [-0.25, -0.2) is 0 Å². The first-order chi connectivity index (χ1) is 10.2. The Kier molecular flexibility index (Phi) is 4.66. The molecule has 1 atom stereocenters. The summed E-state index contributed by atoms with van der Waals surface area (Å²) in [4.78, 5) is 2.47. The molecule has 2 heteroatoms. The van der Waals surface area contributed by atoms with Gasteiger partial charge in [0, 0.05) is 5.54 Å². The lowest BCUT2D eigenvalue weighted by molar-refractivity contribution is 0.302. The Morgan fingerprint density at radius 2 is 1.86 bits per heavy atom. The predicted molar refractivity (Wildman–Crippen MR) is 89.5 cm³/mol. The minimum absolute atomic E-state index is 0.0597. The molecule has 0 spiro atoms. The third-order valence-electron chi connectivity index (χ3n) is 5.63. The molecule has 1 aromatic carbocycles. The molecule has 1 heterocycles. The van der Waals surface area contributed by atoms with E-state index in [4.69, 9.17) is 5.73 Å². The monoisotopic (exact) mass is 286 g/mol. The van der Waals surface area contributed by atoms with Gasteiger partial charge < -0.3 is 10.6 Å². The highest BCUT2D eigenvalue weighted by Crippen LogP contribution is 2.37. The minimum Gasteiger partial charge on any atom is -0.321 e. The number of rotatable bonds is 2. The first-order valence-corrected chi connectivity index (χ1v) is 8.75. The van der Waals surface area contributed by atoms with Crippen molar-refractivity contribution in [2.24, 2.45) is 5.73 Å². The lowest BCUT2D eigenvalue weighted by Gasteiger charge is -2.34. The molecule has 2 nitrogen and oxygen atoms in total. The highest BCUT2D eigenvalue weighted by Gasteiger charge is 2.30. The number of benzene rings is 1. The Morgan fingerprint density at radius 1 is 1.05 bits per heavy atom. The van der Waals surface area contributed by atoms with E-state index in [9.17, 15) is 0 Å². The van der Waals surface area contributed by atoms with Crippen LogP contribution >= 0.6 is 0 Å². The molecule has 2 aliphatic rings. The molecule has 1 aliphatic heterocycles. The molecular formula is C19H30N2. The molecule has 2 fully saturated rings. The molecule has 0 amide bonds. The van der Waals surface area contributed by atoms with Gasteiger partial charge in [0.15, 0.2) is 0 Å². The summed E-state index contributed by atoms with van der Waals surface area (Å²) in [5, 5.41) is 0. The van der Waals surface area contributed by atoms with E-state index in [1.165, 1.54) is 62.7 Å². The van der Waals surface area contributed by atoms with Gasteiger partial charge in [0.1, 0.15) is 0 Å². The standard InChI is InChI=1S/C19H30N2/c1-21-13-6-8-16(10-14-21)17-7-5-9-18(15-17)19(20)11-3-2-4-12-19/h5,7,9,15-16H,2-4,6,8,10-14,20H2,1H3. The molecule has 116 valence electrons. The molecule has 21 heavy (non-hydrogen) atoms. The van der Waals surface area contributed by atoms with Gasteiger partial charge in [-0.15, -0.1) is 0 Å². The van der Waals surface area contributed by atoms with Crippen LogP contribution < -0.4 is 5.73 Å². The zero-order valence-electron chi connectivity index (χ0n) is 13.5. The van der Waals surface area contributed by atoms with Crippen LogP contribution in [0.1, 0.15) is 68.4 Å². The van der Waals surface area contributed by atoms with Crippen molar-refractivity contribution >= 4 is 0 Å². The molecule has 2 N–H and O–H groups in total. The molecule has 1 aromatic rings. The summed E-state index contributed by atoms with van der Waals surface area (Å²) < 4.78 is 0. The van der Waals surface area contributed by atoms with Gasteiger partial charge in [0.2, 0.25) is 0 Å². The van der Waals surface area contributed by atoms with Crippen LogP contribution in [-0.2, 0) is 5.54 Å². The molecule has 1 saturated heterocycles. The maximum atomic E-state index is 6.72. The van der Waals surface area contributed by atoms with Crippen LogP contribution in [-0.4, -0.2) is 25.0 Å². The largest absolute Gasteiger partial charge is 0.321 e. The number of hydrogen-bond acceptors (Lipinski definition) is 2. The third kappa shape index (κ3) is 3.49. The first-order valence-electron chi connectivity index (χ1n) is 8.75. The second-order valence-electron chi connectivity index (χ2n) is 7.27. The fourth-order valence-corrected chi connectivity index (χ4v) is 4.15. The Morgan fingerprint density at radius 3 is 2.67 bits per heavy atom. The van der Waals surface area contributed by atoms with Gasteiger partial charge in [-0.1, -0.05) is 43.5 Å². The number of nitrogens with zero attached hydrogens (tertiary/aromatic N) is 1. The summed E-state index contributed by atoms with van der Waals surface area (Å²) in [6.45, 7) is 2.47. The molecule has 3 rings (SSSR count). The van der Waals surface area contributed by atoms with Crippen molar-refractivity contribution in [3.63, 3.8) is 0 Å². The smallest absolute Gasteiger partial charge is 0.0409 e. The van der Waals surface area contributed by atoms with Crippen molar-refractivity contribution in [2.45, 2.75) is 62.8 Å². The molecule has 0 aromatic heterocycles. The minimum atomic E-state index is -0.0597. The number of nitrogens with two attached hydrogens (primary N) is 1. The second-order valence-corrected chi connectivity index (χ2v) is 7.27. The van der Waals surface area contributed by atoms with Crippen LogP contribution in [0.25, 0.3) is 0 Å². The van der Waals surface area contributed by atoms with E-state index in [0.29, 0.717) is 0 Å². The summed E-state index contributed by atoms with van der Waals surface area (Å²) in [6, 6.07) is 9.26. The van der Waals surface area contributed by atoms with Gasteiger partial charge in [0.05, 0.1) is 0 Å². The molecule has 0 radical (unpaired) electrons. The Hall–Kier alpha value is -0.860. The van der Waals surface area contributed by atoms with E-state index in [2.05, 4.69) is 36.2 Å². The van der Waals surface area contributed by atoms with E-state index in [0.717, 1.165) is 18.8 Å². The highest BCUT2D eigenvalue weighted by molar-refractivity contribution is 5.32. The van der Waals surface area contributed by atoms with Crippen molar-refractivity contribution < 1.29 is 0 Å². The van der Waals surface area contributed by atoms with Gasteiger partial charge in [-0.3, -0.25) is 0 Å². The van der Waals surface area contributed by atoms with E-state index in [-0.39, 0.29) is 5.54 Å². The first kappa shape index (κ1) is 15.1. The van der Waals surface area contributed by atoms with Crippen molar-refractivity contribution in [3.8, 4) is 0 Å². The lowest BCUT2D eigenvalue weighted by Crippen LogP contribution is -2.38. The van der Waals surface area contributed by atoms with Crippen molar-refractivity contribution in [2.75, 3.05) is 20.1 Å². The van der Waals surface area contributed by atoms with E-state index >= 15 is 0 Å². The summed E-state index contributed by atoms with van der Waals surface area (Å²) in [6.07, 6.45) is 10.2. The molecular weight excluding hydrogens is 256 g/mol. The van der Waals surface area contributed by atoms with Crippen molar-refractivity contribution in [1.29, 1.82) is 0 Å². The van der Waals surface area contributed by atoms with Crippen LogP contribution in [0.4, 0.5) is 0 Å². The van der Waals surface area contributed by atoms with Gasteiger partial charge in [0.25, 0.3) is 0 Å². The lowest BCUT2D eigenvalue weighted by atomic mass is 9.76. The van der Waals surface area contributed by atoms with Crippen molar-refractivity contribution in [3.05, 3.63) is 35.4 Å². The third-order valence-corrected chi connectivity index (χ3v) is 5.63. The van der Waals surface area contributed by atoms with Crippen LogP contribution in [0.3, 0.4) is 0 Å². The predicted octanol–water partition coefficient (Wildman–Crippen LogP) is 4.00. The summed E-state index contributed by atoms with van der Waals surface area (Å²) in [7, 11) is 2.25. The Balaban J connectivity index is 1.79. The zero-order valence-corrected chi connectivity index (χ0v) is 13.5. The zero-order chi connectivity index (χ0) is 14.7. The second kappa shape index (κ2) is 6.50. The SMILES string of the molecule is CN1CCCC(c2cccc(C3(N)CCCCC3)c2)CC1. The van der Waals surface area contributed by atoms with Gasteiger partial charge in [-0.2, -0.15) is 0 Å². The normalized spacial score (nSPS) is 27.2. The van der Waals surface area contributed by atoms with E-state index < -0.39 is 0 Å². The molecule has 0 bridgehead atoms. The fraction of sp³-hybridized carbons (Fsp3) is 0.684. The van der Waals surface area contributed by atoms with Gasteiger partial charge >= 0.3 is 0 Å². The van der Waals surface area contributed by atoms with Crippen LogP contribution in [0.15, 0.2) is 24.3 Å². The average Bonchev–Trinajstić information content (AvgIpc) is 2.73. The molecule has 1 unspecified atom stereocenters. The maximum Gasteiger partial charge on any atom is 0.0409 e. The highest BCUT2D eigenvalue weighted by atomic mass is 15.1. The number of likely N-dealkylation sites (tertiary alicyclic amines) is 1. The number of hydrogen-bond donors (Lipinski definition) is 1. The molecule has 1 aliphatic carbocycles. The topological polar surface area (TPSA) is 29.3 Å².